The molecule has 0 heterocycles. The first-order valence-electron chi connectivity index (χ1n) is 4.59. The highest BCUT2D eigenvalue weighted by Crippen LogP contribution is 2.65. The number of alkyl halides is 1. The molecule has 0 aromatic carbocycles. The number of Topliss-reactive ketones (excluding diaryl/α,β-unsaturated/α-hetero) is 1. The van der Waals surface area contributed by atoms with Gasteiger partial charge in [0.2, 0.25) is 0 Å². The summed E-state index contributed by atoms with van der Waals surface area (Å²) in [7, 11) is 0. The second kappa shape index (κ2) is 2.14. The van der Waals surface area contributed by atoms with Crippen LogP contribution in [0.25, 0.3) is 0 Å². The normalized spacial score (nSPS) is 50.2. The molecule has 0 aromatic rings. The number of rotatable bonds is 0. The van der Waals surface area contributed by atoms with E-state index in [1.165, 1.54) is 6.42 Å². The Morgan fingerprint density at radius 2 is 2.00 bits per heavy atom. The Morgan fingerprint density at radius 3 is 2.25 bits per heavy atom. The molecule has 2 aliphatic rings. The van der Waals surface area contributed by atoms with E-state index in [1.807, 2.05) is 0 Å². The summed E-state index contributed by atoms with van der Waals surface area (Å²) in [5.74, 6) is 0.999. The van der Waals surface area contributed by atoms with Crippen LogP contribution in [0, 0.1) is 16.7 Å². The van der Waals surface area contributed by atoms with Crippen molar-refractivity contribution in [1.29, 1.82) is 0 Å². The van der Waals surface area contributed by atoms with Crippen molar-refractivity contribution in [2.24, 2.45) is 16.7 Å². The number of fused-ring (bicyclic) bond motifs is 2. The first-order chi connectivity index (χ1) is 5.41. The smallest absolute Gasteiger partial charge is 0.153 e. The highest BCUT2D eigenvalue weighted by Gasteiger charge is 2.65. The van der Waals surface area contributed by atoms with Gasteiger partial charge in [-0.25, -0.2) is 0 Å². The lowest BCUT2D eigenvalue weighted by Gasteiger charge is -2.32. The van der Waals surface area contributed by atoms with E-state index < -0.39 is 0 Å². The van der Waals surface area contributed by atoms with Crippen LogP contribution in [-0.2, 0) is 4.79 Å². The number of hydrogen-bond donors (Lipinski definition) is 0. The van der Waals surface area contributed by atoms with Crippen LogP contribution in [0.1, 0.15) is 33.6 Å². The average Bonchev–Trinajstić information content (AvgIpc) is 2.26. The Morgan fingerprint density at radius 1 is 1.42 bits per heavy atom. The van der Waals surface area contributed by atoms with E-state index in [0.717, 1.165) is 6.42 Å². The van der Waals surface area contributed by atoms with Crippen molar-refractivity contribution >= 4 is 21.7 Å². The maximum Gasteiger partial charge on any atom is 0.153 e. The third-order valence-electron chi connectivity index (χ3n) is 4.45. The van der Waals surface area contributed by atoms with E-state index in [4.69, 9.17) is 0 Å². The van der Waals surface area contributed by atoms with Gasteiger partial charge in [0.25, 0.3) is 0 Å². The Balaban J connectivity index is 2.50. The molecule has 0 spiro atoms. The molecule has 68 valence electrons. The first kappa shape index (κ1) is 8.74. The molecule has 2 bridgehead atoms. The lowest BCUT2D eigenvalue weighted by Crippen LogP contribution is -2.33. The molecule has 12 heavy (non-hydrogen) atoms. The Labute approximate surface area is 82.0 Å². The lowest BCUT2D eigenvalue weighted by atomic mass is 9.70. The molecule has 0 radical (unpaired) electrons. The minimum atomic E-state index is -0.0498. The second-order valence-electron chi connectivity index (χ2n) is 4.96. The average molecular weight is 231 g/mol. The fourth-order valence-corrected chi connectivity index (χ4v) is 4.41. The van der Waals surface area contributed by atoms with Crippen molar-refractivity contribution in [2.45, 2.75) is 38.4 Å². The molecule has 0 N–H and O–H groups in total. The van der Waals surface area contributed by atoms with Crippen molar-refractivity contribution in [2.75, 3.05) is 0 Å². The number of hydrogen-bond acceptors (Lipinski definition) is 1. The van der Waals surface area contributed by atoms with Crippen LogP contribution in [0.3, 0.4) is 0 Å². The maximum absolute atomic E-state index is 11.9. The van der Waals surface area contributed by atoms with Gasteiger partial charge in [0.05, 0.1) is 4.83 Å². The van der Waals surface area contributed by atoms with Gasteiger partial charge in [-0.15, -0.1) is 0 Å². The third kappa shape index (κ3) is 0.688. The van der Waals surface area contributed by atoms with Crippen molar-refractivity contribution in [3.63, 3.8) is 0 Å². The largest absolute Gasteiger partial charge is 0.298 e. The van der Waals surface area contributed by atoms with Gasteiger partial charge < -0.3 is 0 Å². The van der Waals surface area contributed by atoms with Crippen molar-refractivity contribution in [3.05, 3.63) is 0 Å². The first-order valence-corrected chi connectivity index (χ1v) is 5.51. The molecule has 0 aromatic heterocycles. The zero-order valence-electron chi connectivity index (χ0n) is 7.86. The van der Waals surface area contributed by atoms with Crippen molar-refractivity contribution < 1.29 is 4.79 Å². The zero-order chi connectivity index (χ0) is 9.15. The summed E-state index contributed by atoms with van der Waals surface area (Å²) in [5.41, 5.74) is 0.157. The summed E-state index contributed by atoms with van der Waals surface area (Å²) in [6.45, 7) is 6.62. The van der Waals surface area contributed by atoms with Gasteiger partial charge in [0, 0.05) is 5.41 Å². The van der Waals surface area contributed by atoms with Gasteiger partial charge in [-0.1, -0.05) is 36.7 Å². The van der Waals surface area contributed by atoms with Crippen LogP contribution < -0.4 is 0 Å². The molecule has 2 aliphatic carbocycles. The van der Waals surface area contributed by atoms with Crippen LogP contribution in [-0.4, -0.2) is 10.6 Å². The van der Waals surface area contributed by atoms with Crippen LogP contribution in [0.5, 0.6) is 0 Å². The van der Waals surface area contributed by atoms with E-state index in [9.17, 15) is 4.79 Å². The monoisotopic (exact) mass is 230 g/mol. The molecular formula is C10H15BrO. The molecule has 3 atom stereocenters. The van der Waals surface area contributed by atoms with E-state index >= 15 is 0 Å². The maximum atomic E-state index is 11.9. The standard InChI is InChI=1S/C10H15BrO/c1-9(2)6-4-5-10(9,3)8(12)7(6)11/h6-7H,4-5H2,1-3H3/t6-,7-,10+/m0/s1. The van der Waals surface area contributed by atoms with Crippen LogP contribution in [0.4, 0.5) is 0 Å². The molecule has 2 rings (SSSR count). The van der Waals surface area contributed by atoms with Gasteiger partial charge in [0.15, 0.2) is 5.78 Å². The Hall–Kier alpha value is 0.150. The number of carbonyl (C=O) groups excluding carboxylic acids is 1. The minimum absolute atomic E-state index is 0.0498. The molecule has 2 heteroatoms. The van der Waals surface area contributed by atoms with Crippen molar-refractivity contribution in [3.8, 4) is 0 Å². The summed E-state index contributed by atoms with van der Waals surface area (Å²) < 4.78 is 0. The zero-order valence-corrected chi connectivity index (χ0v) is 9.44. The van der Waals surface area contributed by atoms with E-state index in [1.54, 1.807) is 0 Å². The predicted octanol–water partition coefficient (Wildman–Crippen LogP) is 2.78. The highest BCUT2D eigenvalue weighted by molar-refractivity contribution is 9.10. The number of halogens is 1. The molecule has 0 saturated heterocycles. The SMILES string of the molecule is CC1(C)[C@H]2CC[C@]1(C)C(=O)[C@H]2Br. The summed E-state index contributed by atoms with van der Waals surface area (Å²) in [4.78, 5) is 12.0. The molecule has 0 aliphatic heterocycles. The van der Waals surface area contributed by atoms with Gasteiger partial charge >= 0.3 is 0 Å². The fraction of sp³-hybridized carbons (Fsp3) is 0.900. The van der Waals surface area contributed by atoms with E-state index in [0.29, 0.717) is 11.7 Å². The van der Waals surface area contributed by atoms with Gasteiger partial charge in [-0.05, 0) is 24.2 Å². The van der Waals surface area contributed by atoms with E-state index in [2.05, 4.69) is 36.7 Å². The number of ketones is 1. The van der Waals surface area contributed by atoms with Crippen molar-refractivity contribution in [1.82, 2.24) is 0 Å². The van der Waals surface area contributed by atoms with Gasteiger partial charge in [-0.2, -0.15) is 0 Å². The van der Waals surface area contributed by atoms with Gasteiger partial charge in [-0.3, -0.25) is 4.79 Å². The summed E-state index contributed by atoms with van der Waals surface area (Å²) in [6.07, 6.45) is 2.30. The summed E-state index contributed by atoms with van der Waals surface area (Å²) >= 11 is 3.52. The molecule has 2 fully saturated rings. The number of carbonyl (C=O) groups is 1. The second-order valence-corrected chi connectivity index (χ2v) is 5.95. The van der Waals surface area contributed by atoms with Crippen LogP contribution >= 0.6 is 15.9 Å². The molecule has 2 saturated carbocycles. The quantitative estimate of drug-likeness (QED) is 0.586. The summed E-state index contributed by atoms with van der Waals surface area (Å²) in [5, 5.41) is 0. The fourth-order valence-electron chi connectivity index (χ4n) is 2.98. The minimum Gasteiger partial charge on any atom is -0.298 e. The van der Waals surface area contributed by atoms with Crippen LogP contribution in [0.15, 0.2) is 0 Å². The molecule has 0 unspecified atom stereocenters. The topological polar surface area (TPSA) is 17.1 Å². The molecule has 0 amide bonds. The molecular weight excluding hydrogens is 216 g/mol. The lowest BCUT2D eigenvalue weighted by molar-refractivity contribution is -0.127. The molecule has 1 nitrogen and oxygen atoms in total. The highest BCUT2D eigenvalue weighted by atomic mass is 79.9. The Kier molecular flexibility index (Phi) is 1.56. The van der Waals surface area contributed by atoms with Crippen LogP contribution in [0.2, 0.25) is 0 Å². The predicted molar refractivity (Wildman–Crippen MR) is 52.3 cm³/mol. The summed E-state index contributed by atoms with van der Waals surface area (Å²) in [6, 6.07) is 0. The van der Waals surface area contributed by atoms with Gasteiger partial charge in [0.1, 0.15) is 0 Å². The Bertz CT molecular complexity index is 246. The van der Waals surface area contributed by atoms with E-state index in [-0.39, 0.29) is 15.7 Å². The third-order valence-corrected chi connectivity index (χ3v) is 5.51.